The van der Waals surface area contributed by atoms with Gasteiger partial charge in [0.1, 0.15) is 12.1 Å². The minimum absolute atomic E-state index is 0.111. The number of anilines is 2. The number of carbonyl (C=O) groups excluding carboxylic acids is 1. The maximum Gasteiger partial charge on any atom is 0.355 e. The predicted molar refractivity (Wildman–Crippen MR) is 87.1 cm³/mol. The third-order valence-electron chi connectivity index (χ3n) is 3.06. The van der Waals surface area contributed by atoms with Gasteiger partial charge in [-0.05, 0) is 24.3 Å². The van der Waals surface area contributed by atoms with Gasteiger partial charge in [-0.15, -0.1) is 0 Å². The van der Waals surface area contributed by atoms with Gasteiger partial charge in [0.15, 0.2) is 0 Å². The lowest BCUT2D eigenvalue weighted by Gasteiger charge is -2.13. The highest BCUT2D eigenvalue weighted by Gasteiger charge is 2.24. The Morgan fingerprint density at radius 1 is 1.25 bits per heavy atom. The number of ether oxygens (including phenoxy) is 1. The van der Waals surface area contributed by atoms with Gasteiger partial charge in [0.2, 0.25) is 11.6 Å². The van der Waals surface area contributed by atoms with Crippen LogP contribution in [0.5, 0.6) is 5.75 Å². The first-order valence-corrected chi connectivity index (χ1v) is 6.81. The fraction of sp³-hybridized carbons (Fsp3) is 0.214. The summed E-state index contributed by atoms with van der Waals surface area (Å²) in [6.45, 7) is 0. The van der Waals surface area contributed by atoms with Crippen LogP contribution < -0.4 is 20.5 Å². The van der Waals surface area contributed by atoms with E-state index >= 15 is 0 Å². The van der Waals surface area contributed by atoms with Crippen LogP contribution in [0.3, 0.4) is 0 Å². The molecule has 10 heteroatoms. The van der Waals surface area contributed by atoms with E-state index in [1.165, 1.54) is 18.3 Å². The van der Waals surface area contributed by atoms with E-state index in [9.17, 15) is 14.9 Å². The van der Waals surface area contributed by atoms with Crippen LogP contribution in [0.25, 0.3) is 0 Å². The molecule has 0 fully saturated rings. The first-order chi connectivity index (χ1) is 11.4. The quantitative estimate of drug-likeness (QED) is 0.598. The molecule has 0 aliphatic rings. The maximum atomic E-state index is 12.1. The second kappa shape index (κ2) is 7.22. The van der Waals surface area contributed by atoms with Gasteiger partial charge in [-0.25, -0.2) is 9.97 Å². The molecule has 0 spiro atoms. The molecule has 0 aliphatic heterocycles. The highest BCUT2D eigenvalue weighted by Crippen LogP contribution is 2.29. The summed E-state index contributed by atoms with van der Waals surface area (Å²) in [7, 11) is 4.76. The van der Waals surface area contributed by atoms with Crippen LogP contribution in [-0.4, -0.2) is 42.0 Å². The van der Waals surface area contributed by atoms with E-state index in [0.717, 1.165) is 0 Å². The van der Waals surface area contributed by atoms with Gasteiger partial charge >= 0.3 is 5.69 Å². The summed E-state index contributed by atoms with van der Waals surface area (Å²) in [4.78, 5) is 31.9. The molecule has 0 unspecified atom stereocenters. The number of carbonyl (C=O) groups is 1. The zero-order chi connectivity index (χ0) is 17.7. The zero-order valence-electron chi connectivity index (χ0n) is 13.3. The van der Waals surface area contributed by atoms with Crippen molar-refractivity contribution < 1.29 is 14.5 Å². The number of methoxy groups -OCH3 is 1. The van der Waals surface area contributed by atoms with Crippen molar-refractivity contribution in [1.82, 2.24) is 15.4 Å². The van der Waals surface area contributed by atoms with Crippen molar-refractivity contribution in [2.45, 2.75) is 0 Å². The maximum absolute atomic E-state index is 12.1. The number of nitrogens with zero attached hydrogens (tertiary/aromatic N) is 4. The molecule has 24 heavy (non-hydrogen) atoms. The number of benzene rings is 1. The summed E-state index contributed by atoms with van der Waals surface area (Å²) in [6.07, 6.45) is 1.17. The molecule has 126 valence electrons. The highest BCUT2D eigenvalue weighted by molar-refractivity contribution is 5.95. The Hall–Kier alpha value is -3.43. The van der Waals surface area contributed by atoms with Crippen molar-refractivity contribution in [3.63, 3.8) is 0 Å². The van der Waals surface area contributed by atoms with Crippen molar-refractivity contribution in [2.75, 3.05) is 31.5 Å². The molecule has 2 rings (SSSR count). The van der Waals surface area contributed by atoms with Gasteiger partial charge in [0.25, 0.3) is 5.91 Å². The topological polar surface area (TPSA) is 123 Å². The fourth-order valence-electron chi connectivity index (χ4n) is 1.89. The number of nitro groups is 1. The van der Waals surface area contributed by atoms with Gasteiger partial charge in [-0.1, -0.05) is 0 Å². The molecule has 0 radical (unpaired) electrons. The molecule has 0 atom stereocenters. The molecule has 0 saturated heterocycles. The van der Waals surface area contributed by atoms with Crippen LogP contribution in [0.1, 0.15) is 10.4 Å². The fourth-order valence-corrected chi connectivity index (χ4v) is 1.89. The van der Waals surface area contributed by atoms with E-state index < -0.39 is 10.8 Å². The Balaban J connectivity index is 2.17. The number of amides is 1. The van der Waals surface area contributed by atoms with E-state index in [0.29, 0.717) is 11.3 Å². The van der Waals surface area contributed by atoms with Crippen molar-refractivity contribution in [1.29, 1.82) is 0 Å². The molecule has 1 aromatic carbocycles. The Kier molecular flexibility index (Phi) is 5.09. The van der Waals surface area contributed by atoms with Crippen LogP contribution in [0, 0.1) is 10.1 Å². The molecule has 2 aromatic rings. The summed E-state index contributed by atoms with van der Waals surface area (Å²) in [5.41, 5.74) is 4.86. The monoisotopic (exact) mass is 332 g/mol. The van der Waals surface area contributed by atoms with Crippen LogP contribution in [0.15, 0.2) is 30.6 Å². The lowest BCUT2D eigenvalue weighted by molar-refractivity contribution is -0.383. The molecular weight excluding hydrogens is 316 g/mol. The normalized spacial score (nSPS) is 9.96. The molecule has 0 saturated carbocycles. The van der Waals surface area contributed by atoms with Crippen molar-refractivity contribution in [3.05, 3.63) is 46.3 Å². The molecule has 1 amide bonds. The Labute approximate surface area is 137 Å². The summed E-state index contributed by atoms with van der Waals surface area (Å²) in [5.74, 6) is 0.148. The highest BCUT2D eigenvalue weighted by atomic mass is 16.6. The first-order valence-electron chi connectivity index (χ1n) is 6.81. The summed E-state index contributed by atoms with van der Waals surface area (Å²) < 4.78 is 5.01. The lowest BCUT2D eigenvalue weighted by Crippen LogP contribution is -2.30. The predicted octanol–water partition coefficient (Wildman–Crippen LogP) is 1.22. The number of nitrogens with one attached hydrogen (secondary N) is 2. The van der Waals surface area contributed by atoms with Gasteiger partial charge in [0.05, 0.1) is 12.0 Å². The molecule has 1 aromatic heterocycles. The van der Waals surface area contributed by atoms with Crippen LogP contribution in [-0.2, 0) is 0 Å². The molecule has 2 N–H and O–H groups in total. The van der Waals surface area contributed by atoms with E-state index in [4.69, 9.17) is 4.74 Å². The average Bonchev–Trinajstić information content (AvgIpc) is 2.59. The Morgan fingerprint density at radius 3 is 2.46 bits per heavy atom. The van der Waals surface area contributed by atoms with Crippen molar-refractivity contribution in [2.24, 2.45) is 0 Å². The van der Waals surface area contributed by atoms with Gasteiger partial charge in [-0.2, -0.15) is 0 Å². The number of hydrazine groups is 1. The standard InChI is InChI=1S/C14H16N6O4/c1-19(2)13-11(20(22)23)12(15-8-16-13)17-18-14(21)9-4-6-10(24-3)7-5-9/h4-8H,1-3H3,(H,18,21)(H,15,16,17). The summed E-state index contributed by atoms with van der Waals surface area (Å²) in [6, 6.07) is 6.39. The van der Waals surface area contributed by atoms with Crippen LogP contribution in [0.2, 0.25) is 0 Å². The minimum Gasteiger partial charge on any atom is -0.497 e. The second-order valence-electron chi connectivity index (χ2n) is 4.85. The molecular formula is C14H16N6O4. The SMILES string of the molecule is COc1ccc(C(=O)NNc2ncnc(N(C)C)c2[N+](=O)[O-])cc1. The molecule has 0 aliphatic carbocycles. The molecule has 1 heterocycles. The van der Waals surface area contributed by atoms with E-state index in [2.05, 4.69) is 20.8 Å². The largest absolute Gasteiger partial charge is 0.497 e. The third kappa shape index (κ3) is 3.66. The van der Waals surface area contributed by atoms with Crippen LogP contribution >= 0.6 is 0 Å². The van der Waals surface area contributed by atoms with Gasteiger partial charge in [0, 0.05) is 19.7 Å². The van der Waals surface area contributed by atoms with E-state index in [1.54, 1.807) is 38.4 Å². The third-order valence-corrected chi connectivity index (χ3v) is 3.06. The summed E-state index contributed by atoms with van der Waals surface area (Å²) >= 11 is 0. The average molecular weight is 332 g/mol. The summed E-state index contributed by atoms with van der Waals surface area (Å²) in [5, 5.41) is 11.3. The van der Waals surface area contributed by atoms with Gasteiger partial charge in [-0.3, -0.25) is 25.8 Å². The Morgan fingerprint density at radius 2 is 1.92 bits per heavy atom. The number of rotatable bonds is 6. The smallest absolute Gasteiger partial charge is 0.355 e. The number of hydrogen-bond acceptors (Lipinski definition) is 8. The molecule has 10 nitrogen and oxygen atoms in total. The Bertz CT molecular complexity index is 747. The minimum atomic E-state index is -0.614. The first kappa shape index (κ1) is 16.9. The lowest BCUT2D eigenvalue weighted by atomic mass is 10.2. The second-order valence-corrected chi connectivity index (χ2v) is 4.85. The molecule has 0 bridgehead atoms. The zero-order valence-corrected chi connectivity index (χ0v) is 13.3. The van der Waals surface area contributed by atoms with Gasteiger partial charge < -0.3 is 9.64 Å². The number of aromatic nitrogens is 2. The number of hydrogen-bond donors (Lipinski definition) is 2. The van der Waals surface area contributed by atoms with Crippen molar-refractivity contribution >= 4 is 23.2 Å². The van der Waals surface area contributed by atoms with Crippen LogP contribution in [0.4, 0.5) is 17.3 Å². The van der Waals surface area contributed by atoms with E-state index in [1.807, 2.05) is 0 Å². The van der Waals surface area contributed by atoms with E-state index in [-0.39, 0.29) is 17.3 Å². The van der Waals surface area contributed by atoms with Crippen molar-refractivity contribution in [3.8, 4) is 5.75 Å².